The van der Waals surface area contributed by atoms with Crippen LogP contribution in [0.1, 0.15) is 64.7 Å². The predicted octanol–water partition coefficient (Wildman–Crippen LogP) is 3.86. The van der Waals surface area contributed by atoms with Gasteiger partial charge in [0.2, 0.25) is 0 Å². The molecule has 2 saturated heterocycles. The number of fused-ring (bicyclic) bond motifs is 1. The number of hydrogen-bond acceptors (Lipinski definition) is 7. The van der Waals surface area contributed by atoms with E-state index in [4.69, 9.17) is 14.6 Å². The van der Waals surface area contributed by atoms with E-state index >= 15 is 0 Å². The van der Waals surface area contributed by atoms with Gasteiger partial charge in [0.15, 0.2) is 0 Å². The first kappa shape index (κ1) is 24.0. The first-order valence-corrected chi connectivity index (χ1v) is 13.6. The van der Waals surface area contributed by atoms with Crippen LogP contribution in [-0.2, 0) is 9.47 Å². The van der Waals surface area contributed by atoms with Gasteiger partial charge in [0.25, 0.3) is 0 Å². The summed E-state index contributed by atoms with van der Waals surface area (Å²) in [5, 5.41) is 14.9. The minimum Gasteiger partial charge on any atom is -0.499 e. The van der Waals surface area contributed by atoms with Crippen LogP contribution in [0.5, 0.6) is 0 Å². The molecule has 7 heteroatoms. The molecule has 7 nitrogen and oxygen atoms in total. The van der Waals surface area contributed by atoms with Crippen molar-refractivity contribution in [2.45, 2.75) is 76.9 Å². The summed E-state index contributed by atoms with van der Waals surface area (Å²) in [5.41, 5.74) is 1.43. The lowest BCUT2D eigenvalue weighted by Gasteiger charge is -2.43. The Hall–Kier alpha value is -1.73. The third-order valence-electron chi connectivity index (χ3n) is 8.89. The van der Waals surface area contributed by atoms with Gasteiger partial charge < -0.3 is 19.7 Å². The van der Waals surface area contributed by atoms with E-state index in [2.05, 4.69) is 39.6 Å². The Bertz CT molecular complexity index is 796. The first-order chi connectivity index (χ1) is 16.7. The number of piperidine rings is 1. The third kappa shape index (κ3) is 5.11. The fraction of sp³-hybridized carbons (Fsp3) is 0.815. The molecule has 0 aromatic rings. The smallest absolute Gasteiger partial charge is 0.124 e. The summed E-state index contributed by atoms with van der Waals surface area (Å²) >= 11 is 0. The number of methoxy groups -OCH3 is 2. The highest BCUT2D eigenvalue weighted by atomic mass is 16.5. The van der Waals surface area contributed by atoms with Gasteiger partial charge >= 0.3 is 0 Å². The summed E-state index contributed by atoms with van der Waals surface area (Å²) in [5.74, 6) is 5.07. The van der Waals surface area contributed by atoms with Crippen LogP contribution in [0.4, 0.5) is 0 Å². The first-order valence-electron chi connectivity index (χ1n) is 13.6. The van der Waals surface area contributed by atoms with Crippen molar-refractivity contribution in [2.24, 2.45) is 28.8 Å². The number of rotatable bonds is 8. The number of nitrogens with one attached hydrogen (secondary N) is 2. The molecule has 6 atom stereocenters. The van der Waals surface area contributed by atoms with Gasteiger partial charge in [-0.2, -0.15) is 5.10 Å². The lowest BCUT2D eigenvalue weighted by Crippen LogP contribution is -2.51. The molecule has 0 aromatic heterocycles. The zero-order chi connectivity index (χ0) is 23.5. The van der Waals surface area contributed by atoms with Crippen molar-refractivity contribution in [1.82, 2.24) is 20.5 Å². The highest BCUT2D eigenvalue weighted by Gasteiger charge is 2.42. The molecule has 2 fully saturated rings. The second-order valence-electron chi connectivity index (χ2n) is 11.1. The second-order valence-corrected chi connectivity index (χ2v) is 11.1. The van der Waals surface area contributed by atoms with E-state index in [1.54, 1.807) is 0 Å². The van der Waals surface area contributed by atoms with Crippen molar-refractivity contribution in [3.8, 4) is 0 Å². The lowest BCUT2D eigenvalue weighted by atomic mass is 9.71. The highest BCUT2D eigenvalue weighted by molar-refractivity contribution is 5.83. The van der Waals surface area contributed by atoms with Crippen molar-refractivity contribution < 1.29 is 9.47 Å². The lowest BCUT2D eigenvalue weighted by molar-refractivity contribution is 0.0216. The van der Waals surface area contributed by atoms with Crippen molar-refractivity contribution in [3.63, 3.8) is 0 Å². The highest BCUT2D eigenvalue weighted by Crippen LogP contribution is 2.41. The fourth-order valence-corrected chi connectivity index (χ4v) is 7.06. The van der Waals surface area contributed by atoms with Gasteiger partial charge in [0, 0.05) is 51.6 Å². The monoisotopic (exact) mass is 471 g/mol. The summed E-state index contributed by atoms with van der Waals surface area (Å²) in [4.78, 5) is 2.48. The van der Waals surface area contributed by atoms with E-state index < -0.39 is 0 Å². The Morgan fingerprint density at radius 1 is 1.15 bits per heavy atom. The maximum atomic E-state index is 5.88. The number of hydrogen-bond donors (Lipinski definition) is 2. The Morgan fingerprint density at radius 2 is 2.03 bits per heavy atom. The maximum absolute atomic E-state index is 5.88. The van der Waals surface area contributed by atoms with Crippen LogP contribution in [0, 0.1) is 23.7 Å². The van der Waals surface area contributed by atoms with Crippen LogP contribution >= 0.6 is 0 Å². The summed E-state index contributed by atoms with van der Waals surface area (Å²) in [6.45, 7) is 6.26. The van der Waals surface area contributed by atoms with Crippen molar-refractivity contribution in [2.75, 3.05) is 40.6 Å². The number of allylic oxidation sites excluding steroid dienone is 4. The molecule has 3 heterocycles. The van der Waals surface area contributed by atoms with Crippen LogP contribution in [-0.4, -0.2) is 68.5 Å². The van der Waals surface area contributed by atoms with E-state index in [0.717, 1.165) is 52.0 Å². The molecule has 5 unspecified atom stereocenters. The van der Waals surface area contributed by atoms with Crippen LogP contribution in [0.2, 0.25) is 0 Å². The van der Waals surface area contributed by atoms with Gasteiger partial charge in [-0.3, -0.25) is 10.3 Å². The summed E-state index contributed by atoms with van der Waals surface area (Å²) in [6, 6.07) is 0.562. The van der Waals surface area contributed by atoms with Crippen LogP contribution in [0.25, 0.3) is 0 Å². The minimum absolute atomic E-state index is 0.372. The largest absolute Gasteiger partial charge is 0.499 e. The normalized spacial score (nSPS) is 35.9. The molecule has 0 amide bonds. The summed E-state index contributed by atoms with van der Waals surface area (Å²) in [7, 11) is 3.70. The van der Waals surface area contributed by atoms with Gasteiger partial charge in [-0.05, 0) is 69.6 Å². The maximum Gasteiger partial charge on any atom is 0.124 e. The molecule has 0 radical (unpaired) electrons. The number of hydrazone groups is 1. The van der Waals surface area contributed by atoms with E-state index in [9.17, 15) is 0 Å². The second kappa shape index (κ2) is 10.9. The van der Waals surface area contributed by atoms with Crippen molar-refractivity contribution in [1.29, 1.82) is 0 Å². The quantitative estimate of drug-likeness (QED) is 0.524. The van der Waals surface area contributed by atoms with E-state index in [0.29, 0.717) is 35.9 Å². The Balaban J connectivity index is 1.16. The molecular weight excluding hydrogens is 426 g/mol. The molecule has 2 aliphatic carbocycles. The van der Waals surface area contributed by atoms with Gasteiger partial charge in [-0.1, -0.05) is 12.2 Å². The molecule has 190 valence electrons. The molecule has 34 heavy (non-hydrogen) atoms. The number of nitrogens with zero attached hydrogens (tertiary/aromatic N) is 3. The molecule has 0 aromatic carbocycles. The topological polar surface area (TPSA) is 61.4 Å². The third-order valence-corrected chi connectivity index (χ3v) is 8.89. The summed E-state index contributed by atoms with van der Waals surface area (Å²) in [6.07, 6.45) is 15.7. The molecule has 0 saturated carbocycles. The van der Waals surface area contributed by atoms with Gasteiger partial charge in [0.05, 0.1) is 19.5 Å². The van der Waals surface area contributed by atoms with Gasteiger partial charge in [-0.15, -0.1) is 0 Å². The molecular formula is C27H45N5O2. The molecule has 5 aliphatic rings. The Kier molecular flexibility index (Phi) is 7.69. The fourth-order valence-electron chi connectivity index (χ4n) is 7.06. The zero-order valence-electron chi connectivity index (χ0n) is 21.5. The minimum atomic E-state index is 0.372. The molecule has 0 spiro atoms. The van der Waals surface area contributed by atoms with Gasteiger partial charge in [-0.25, -0.2) is 0 Å². The number of ether oxygens (including phenoxy) is 2. The SMILES string of the molecule is COCC1CC=CCC1[C@@H]1CCCN2N=C(CCC3CCC(N4CNC(C)C4)=C(OC)C3)NC12. The average molecular weight is 472 g/mol. The average Bonchev–Trinajstić information content (AvgIpc) is 3.49. The van der Waals surface area contributed by atoms with Crippen LogP contribution in [0.3, 0.4) is 0 Å². The van der Waals surface area contributed by atoms with E-state index in [1.165, 1.54) is 49.4 Å². The zero-order valence-corrected chi connectivity index (χ0v) is 21.5. The van der Waals surface area contributed by atoms with E-state index in [1.807, 2.05) is 14.2 Å². The van der Waals surface area contributed by atoms with Crippen molar-refractivity contribution >= 4 is 5.84 Å². The Morgan fingerprint density at radius 3 is 2.82 bits per heavy atom. The number of amidine groups is 1. The van der Waals surface area contributed by atoms with Crippen molar-refractivity contribution in [3.05, 3.63) is 23.6 Å². The predicted molar refractivity (Wildman–Crippen MR) is 136 cm³/mol. The molecule has 3 aliphatic heterocycles. The summed E-state index contributed by atoms with van der Waals surface area (Å²) < 4.78 is 11.5. The van der Waals surface area contributed by atoms with E-state index in [-0.39, 0.29) is 0 Å². The van der Waals surface area contributed by atoms with Crippen LogP contribution < -0.4 is 10.6 Å². The molecule has 2 N–H and O–H groups in total. The van der Waals surface area contributed by atoms with Crippen LogP contribution in [0.15, 0.2) is 28.7 Å². The standard InChI is InChI=1S/C27H45N5O2/c1-19-16-31(18-28-19)24-12-10-20(15-25(24)34-3)11-13-26-29-27-23(9-6-14-32(27)30-26)22-8-5-4-7-21(22)17-33-2/h4-5,19-23,27-28H,6-18H2,1-3H3,(H,29,30)/t19?,20?,21?,22?,23-,27?/m0/s1. The molecule has 5 rings (SSSR count). The Labute approximate surface area is 206 Å². The van der Waals surface area contributed by atoms with Gasteiger partial charge in [0.1, 0.15) is 17.8 Å². The molecule has 0 bridgehead atoms.